The number of carboxylic acids is 1. The summed E-state index contributed by atoms with van der Waals surface area (Å²) in [6.45, 7) is 12.0. The molecule has 0 unspecified atom stereocenters. The first kappa shape index (κ1) is 18.0. The van der Waals surface area contributed by atoms with E-state index in [1.165, 1.54) is 11.1 Å². The number of hydrogen-bond donors (Lipinski definition) is 2. The van der Waals surface area contributed by atoms with Crippen LogP contribution in [-0.4, -0.2) is 24.2 Å². The lowest BCUT2D eigenvalue weighted by Gasteiger charge is -2.35. The van der Waals surface area contributed by atoms with Crippen molar-refractivity contribution >= 4 is 5.97 Å². The maximum Gasteiger partial charge on any atom is 0.317 e. The fraction of sp³-hybridized carbons (Fsp3) is 0.722. The van der Waals surface area contributed by atoms with E-state index in [0.717, 1.165) is 38.6 Å². The molecule has 0 saturated heterocycles. The standard InChI is InChI=1S/C18H31NO2/c1-6-13-14(7-2)16(9-4)18(10-5,15(13)8-3)12-19-11-17(20)21/h19H,6-12H2,1-5H3,(H,20,21). The second-order valence-corrected chi connectivity index (χ2v) is 5.76. The second-order valence-electron chi connectivity index (χ2n) is 5.76. The molecule has 0 aromatic heterocycles. The van der Waals surface area contributed by atoms with Gasteiger partial charge in [0.2, 0.25) is 0 Å². The number of carboxylic acid groups (broad SMARTS) is 1. The SMILES string of the molecule is CCC1=C(CC)C(CC)(CNCC(=O)O)C(CC)=C1CC. The second kappa shape index (κ2) is 7.79. The van der Waals surface area contributed by atoms with Crippen LogP contribution in [0, 0.1) is 5.41 Å². The van der Waals surface area contributed by atoms with Gasteiger partial charge in [-0.15, -0.1) is 0 Å². The fourth-order valence-corrected chi connectivity index (χ4v) is 4.23. The summed E-state index contributed by atoms with van der Waals surface area (Å²) in [5.74, 6) is -0.783. The minimum absolute atomic E-state index is 0.0373. The van der Waals surface area contributed by atoms with E-state index in [9.17, 15) is 4.79 Å². The molecule has 0 saturated carbocycles. The third-order valence-electron chi connectivity index (χ3n) is 4.97. The van der Waals surface area contributed by atoms with E-state index in [1.807, 2.05) is 0 Å². The Kier molecular flexibility index (Phi) is 6.66. The van der Waals surface area contributed by atoms with Gasteiger partial charge in [0.1, 0.15) is 0 Å². The van der Waals surface area contributed by atoms with Crippen molar-refractivity contribution in [3.8, 4) is 0 Å². The molecule has 0 radical (unpaired) electrons. The van der Waals surface area contributed by atoms with Crippen LogP contribution in [-0.2, 0) is 4.79 Å². The number of aliphatic carboxylic acids is 1. The lowest BCUT2D eigenvalue weighted by molar-refractivity contribution is -0.136. The minimum atomic E-state index is -0.783. The highest BCUT2D eigenvalue weighted by atomic mass is 16.4. The van der Waals surface area contributed by atoms with Gasteiger partial charge in [-0.1, -0.05) is 45.8 Å². The van der Waals surface area contributed by atoms with Gasteiger partial charge in [0.05, 0.1) is 6.54 Å². The van der Waals surface area contributed by atoms with Crippen molar-refractivity contribution in [2.24, 2.45) is 5.41 Å². The van der Waals surface area contributed by atoms with E-state index in [1.54, 1.807) is 11.1 Å². The third kappa shape index (κ3) is 3.23. The summed E-state index contributed by atoms with van der Waals surface area (Å²) < 4.78 is 0. The van der Waals surface area contributed by atoms with E-state index in [2.05, 4.69) is 39.9 Å². The molecule has 2 N–H and O–H groups in total. The molecule has 0 bridgehead atoms. The molecule has 1 aliphatic carbocycles. The molecule has 0 spiro atoms. The summed E-state index contributed by atoms with van der Waals surface area (Å²) in [6.07, 6.45) is 5.31. The Bertz CT molecular complexity index is 418. The van der Waals surface area contributed by atoms with E-state index in [0.29, 0.717) is 0 Å². The molecule has 3 nitrogen and oxygen atoms in total. The largest absolute Gasteiger partial charge is 0.480 e. The summed E-state index contributed by atoms with van der Waals surface area (Å²) in [4.78, 5) is 10.8. The zero-order chi connectivity index (χ0) is 16.0. The van der Waals surface area contributed by atoms with Crippen molar-refractivity contribution in [2.75, 3.05) is 13.1 Å². The lowest BCUT2D eigenvalue weighted by atomic mass is 9.72. The van der Waals surface area contributed by atoms with Gasteiger partial charge in [-0.05, 0) is 43.3 Å². The average molecular weight is 293 g/mol. The van der Waals surface area contributed by atoms with Crippen LogP contribution in [0.3, 0.4) is 0 Å². The molecule has 0 aliphatic heterocycles. The predicted octanol–water partition coefficient (Wildman–Crippen LogP) is 4.30. The van der Waals surface area contributed by atoms with Crippen molar-refractivity contribution in [2.45, 2.75) is 66.7 Å². The lowest BCUT2D eigenvalue weighted by Crippen LogP contribution is -2.38. The Balaban J connectivity index is 3.26. The third-order valence-corrected chi connectivity index (χ3v) is 4.97. The van der Waals surface area contributed by atoms with Gasteiger partial charge in [0.25, 0.3) is 0 Å². The van der Waals surface area contributed by atoms with Crippen LogP contribution >= 0.6 is 0 Å². The van der Waals surface area contributed by atoms with Crippen molar-refractivity contribution in [1.29, 1.82) is 0 Å². The van der Waals surface area contributed by atoms with Crippen molar-refractivity contribution in [1.82, 2.24) is 5.32 Å². The zero-order valence-electron chi connectivity index (χ0n) is 14.3. The van der Waals surface area contributed by atoms with Crippen LogP contribution in [0.15, 0.2) is 22.3 Å². The monoisotopic (exact) mass is 293 g/mol. The van der Waals surface area contributed by atoms with Crippen LogP contribution in [0.25, 0.3) is 0 Å². The number of nitrogens with one attached hydrogen (secondary N) is 1. The maximum atomic E-state index is 10.8. The Morgan fingerprint density at radius 2 is 1.43 bits per heavy atom. The topological polar surface area (TPSA) is 49.3 Å². The van der Waals surface area contributed by atoms with Crippen molar-refractivity contribution in [3.05, 3.63) is 22.3 Å². The summed E-state index contributed by atoms with van der Waals surface area (Å²) in [5, 5.41) is 12.1. The first-order valence-electron chi connectivity index (χ1n) is 8.40. The van der Waals surface area contributed by atoms with Crippen LogP contribution in [0.5, 0.6) is 0 Å². The quantitative estimate of drug-likeness (QED) is 0.666. The minimum Gasteiger partial charge on any atom is -0.480 e. The number of rotatable bonds is 9. The summed E-state index contributed by atoms with van der Waals surface area (Å²) in [7, 11) is 0. The van der Waals surface area contributed by atoms with Gasteiger partial charge in [0.15, 0.2) is 0 Å². The summed E-state index contributed by atoms with van der Waals surface area (Å²) in [5.41, 5.74) is 6.19. The maximum absolute atomic E-state index is 10.8. The van der Waals surface area contributed by atoms with Gasteiger partial charge < -0.3 is 10.4 Å². The molecule has 1 rings (SSSR count). The van der Waals surface area contributed by atoms with Crippen molar-refractivity contribution < 1.29 is 9.90 Å². The van der Waals surface area contributed by atoms with Crippen LogP contribution < -0.4 is 5.32 Å². The average Bonchev–Trinajstić information content (AvgIpc) is 2.74. The molecule has 3 heteroatoms. The van der Waals surface area contributed by atoms with E-state index >= 15 is 0 Å². The zero-order valence-corrected chi connectivity index (χ0v) is 14.3. The summed E-state index contributed by atoms with van der Waals surface area (Å²) >= 11 is 0. The first-order chi connectivity index (χ1) is 10.0. The molecule has 21 heavy (non-hydrogen) atoms. The molecular weight excluding hydrogens is 262 g/mol. The van der Waals surface area contributed by atoms with E-state index in [4.69, 9.17) is 5.11 Å². The predicted molar refractivity (Wildman–Crippen MR) is 88.4 cm³/mol. The molecule has 0 aromatic rings. The van der Waals surface area contributed by atoms with Crippen molar-refractivity contribution in [3.63, 3.8) is 0 Å². The highest BCUT2D eigenvalue weighted by molar-refractivity contribution is 5.69. The van der Waals surface area contributed by atoms with Crippen LogP contribution in [0.1, 0.15) is 66.7 Å². The Labute approximate surface area is 129 Å². The molecule has 0 aromatic carbocycles. The molecule has 0 atom stereocenters. The first-order valence-corrected chi connectivity index (χ1v) is 8.40. The van der Waals surface area contributed by atoms with Gasteiger partial charge in [-0.3, -0.25) is 4.79 Å². The Hall–Kier alpha value is -1.09. The Morgan fingerprint density at radius 3 is 1.71 bits per heavy atom. The molecule has 0 amide bonds. The van der Waals surface area contributed by atoms with Gasteiger partial charge >= 0.3 is 5.97 Å². The smallest absolute Gasteiger partial charge is 0.317 e. The summed E-state index contributed by atoms with van der Waals surface area (Å²) in [6, 6.07) is 0. The highest BCUT2D eigenvalue weighted by Gasteiger charge is 2.42. The number of allylic oxidation sites excluding steroid dienone is 2. The van der Waals surface area contributed by atoms with E-state index in [-0.39, 0.29) is 12.0 Å². The number of hydrogen-bond acceptors (Lipinski definition) is 2. The van der Waals surface area contributed by atoms with Gasteiger partial charge in [-0.25, -0.2) is 0 Å². The molecule has 0 fully saturated rings. The molecule has 120 valence electrons. The number of carbonyl (C=O) groups is 1. The highest BCUT2D eigenvalue weighted by Crippen LogP contribution is 2.53. The van der Waals surface area contributed by atoms with Gasteiger partial charge in [0, 0.05) is 12.0 Å². The van der Waals surface area contributed by atoms with Gasteiger partial charge in [-0.2, -0.15) is 0 Å². The molecular formula is C18H31NO2. The fourth-order valence-electron chi connectivity index (χ4n) is 4.23. The van der Waals surface area contributed by atoms with Crippen LogP contribution in [0.2, 0.25) is 0 Å². The van der Waals surface area contributed by atoms with E-state index < -0.39 is 5.97 Å². The van der Waals surface area contributed by atoms with Crippen LogP contribution in [0.4, 0.5) is 0 Å². The molecule has 0 heterocycles. The molecule has 1 aliphatic rings. The Morgan fingerprint density at radius 1 is 0.952 bits per heavy atom. The normalized spacial score (nSPS) is 17.8.